The highest BCUT2D eigenvalue weighted by molar-refractivity contribution is 7.99. The first-order valence-electron chi connectivity index (χ1n) is 5.46. The van der Waals surface area contributed by atoms with Gasteiger partial charge in [-0.3, -0.25) is 0 Å². The van der Waals surface area contributed by atoms with Crippen molar-refractivity contribution >= 4 is 23.5 Å². The quantitative estimate of drug-likeness (QED) is 0.655. The normalized spacial score (nSPS) is 10.5. The molecule has 0 fully saturated rings. The van der Waals surface area contributed by atoms with Crippen LogP contribution in [0.1, 0.15) is 6.92 Å². The second-order valence-corrected chi connectivity index (χ2v) is 4.82. The number of thioether (sulfide) groups is 1. The number of anilines is 1. The lowest BCUT2D eigenvalue weighted by Gasteiger charge is -2.12. The maximum absolute atomic E-state index is 11.4. The molecule has 1 rings (SSSR count). The first kappa shape index (κ1) is 13.6. The summed E-state index contributed by atoms with van der Waals surface area (Å²) in [5, 5.41) is 2.80. The summed E-state index contributed by atoms with van der Waals surface area (Å²) < 4.78 is 0. The summed E-state index contributed by atoms with van der Waals surface area (Å²) in [5.41, 5.74) is 0.819. The van der Waals surface area contributed by atoms with E-state index in [1.54, 1.807) is 25.9 Å². The Morgan fingerprint density at radius 2 is 2.00 bits per heavy atom. The number of urea groups is 1. The van der Waals surface area contributed by atoms with E-state index in [4.69, 9.17) is 0 Å². The largest absolute Gasteiger partial charge is 0.331 e. The number of carbonyl (C=O) groups excluding carboxylic acids is 1. The van der Waals surface area contributed by atoms with Crippen LogP contribution in [0.25, 0.3) is 0 Å². The molecule has 0 bridgehead atoms. The summed E-state index contributed by atoms with van der Waals surface area (Å²) in [4.78, 5) is 14.1. The van der Waals surface area contributed by atoms with Crippen molar-refractivity contribution in [1.82, 2.24) is 4.90 Å². The molecule has 1 N–H and O–H groups in total. The van der Waals surface area contributed by atoms with Crippen LogP contribution in [-0.2, 0) is 0 Å². The summed E-state index contributed by atoms with van der Waals surface area (Å²) in [6.07, 6.45) is 4.16. The Kier molecular flexibility index (Phi) is 5.63. The molecule has 0 saturated carbocycles. The molecular formula is C13H18N2OS. The van der Waals surface area contributed by atoms with Gasteiger partial charge in [-0.25, -0.2) is 4.79 Å². The van der Waals surface area contributed by atoms with E-state index in [0.717, 1.165) is 11.4 Å². The van der Waals surface area contributed by atoms with Gasteiger partial charge in [-0.2, -0.15) is 0 Å². The monoisotopic (exact) mass is 250 g/mol. The Bertz CT molecular complexity index is 385. The zero-order valence-corrected chi connectivity index (χ0v) is 11.3. The lowest BCUT2D eigenvalue weighted by atomic mass is 10.3. The van der Waals surface area contributed by atoms with Gasteiger partial charge in [0.1, 0.15) is 0 Å². The third kappa shape index (κ3) is 4.95. The number of nitrogens with zero attached hydrogens (tertiary/aromatic N) is 1. The van der Waals surface area contributed by atoms with Crippen LogP contribution >= 0.6 is 11.8 Å². The zero-order chi connectivity index (χ0) is 12.7. The van der Waals surface area contributed by atoms with Gasteiger partial charge in [0, 0.05) is 30.4 Å². The highest BCUT2D eigenvalue weighted by Gasteiger charge is 2.03. The molecule has 0 aromatic heterocycles. The van der Waals surface area contributed by atoms with E-state index in [9.17, 15) is 4.79 Å². The number of carbonyl (C=O) groups is 1. The van der Waals surface area contributed by atoms with E-state index in [1.165, 1.54) is 9.80 Å². The lowest BCUT2D eigenvalue weighted by Crippen LogP contribution is -2.27. The maximum atomic E-state index is 11.4. The molecule has 17 heavy (non-hydrogen) atoms. The molecule has 92 valence electrons. The molecule has 4 heteroatoms. The van der Waals surface area contributed by atoms with E-state index in [-0.39, 0.29) is 6.03 Å². The van der Waals surface area contributed by atoms with Crippen molar-refractivity contribution in [3.63, 3.8) is 0 Å². The van der Waals surface area contributed by atoms with Crippen molar-refractivity contribution in [3.8, 4) is 0 Å². The molecule has 1 aromatic rings. The predicted molar refractivity (Wildman–Crippen MR) is 74.7 cm³/mol. The average molecular weight is 250 g/mol. The van der Waals surface area contributed by atoms with Gasteiger partial charge in [0.15, 0.2) is 0 Å². The van der Waals surface area contributed by atoms with Crippen LogP contribution in [0.15, 0.2) is 41.3 Å². The zero-order valence-electron chi connectivity index (χ0n) is 10.4. The molecule has 0 unspecified atom stereocenters. The van der Waals surface area contributed by atoms with E-state index in [1.807, 2.05) is 37.3 Å². The fraction of sp³-hybridized carbons (Fsp3) is 0.308. The minimum Gasteiger partial charge on any atom is -0.331 e. The fourth-order valence-corrected chi connectivity index (χ4v) is 1.92. The summed E-state index contributed by atoms with van der Waals surface area (Å²) in [7, 11) is 3.44. The minimum atomic E-state index is -0.112. The molecule has 0 aliphatic heterocycles. The number of benzene rings is 1. The predicted octanol–water partition coefficient (Wildman–Crippen LogP) is 3.45. The SMILES string of the molecule is CC=CCSc1ccc(NC(=O)N(C)C)cc1. The van der Waals surface area contributed by atoms with Crippen molar-refractivity contribution in [3.05, 3.63) is 36.4 Å². The van der Waals surface area contributed by atoms with Gasteiger partial charge in [-0.15, -0.1) is 11.8 Å². The number of nitrogens with one attached hydrogen (secondary N) is 1. The highest BCUT2D eigenvalue weighted by atomic mass is 32.2. The second kappa shape index (κ2) is 7.01. The van der Waals surface area contributed by atoms with Gasteiger partial charge in [-0.05, 0) is 31.2 Å². The smallest absolute Gasteiger partial charge is 0.321 e. The highest BCUT2D eigenvalue weighted by Crippen LogP contribution is 2.20. The molecule has 0 atom stereocenters. The van der Waals surface area contributed by atoms with Crippen LogP contribution in [0, 0.1) is 0 Å². The number of amides is 2. The van der Waals surface area contributed by atoms with Crippen molar-refractivity contribution < 1.29 is 4.79 Å². The summed E-state index contributed by atoms with van der Waals surface area (Å²) in [5.74, 6) is 0.972. The van der Waals surface area contributed by atoms with Crippen molar-refractivity contribution in [2.24, 2.45) is 0 Å². The van der Waals surface area contributed by atoms with Gasteiger partial charge >= 0.3 is 6.03 Å². The Balaban J connectivity index is 2.53. The molecule has 0 radical (unpaired) electrons. The number of allylic oxidation sites excluding steroid dienone is 1. The average Bonchev–Trinajstić information content (AvgIpc) is 2.31. The molecule has 2 amide bonds. The topological polar surface area (TPSA) is 32.3 Å². The standard InChI is InChI=1S/C13H18N2OS/c1-4-5-10-17-12-8-6-11(7-9-12)14-13(16)15(2)3/h4-9H,10H2,1-3H3,(H,14,16). The van der Waals surface area contributed by atoms with Crippen LogP contribution in [0.5, 0.6) is 0 Å². The summed E-state index contributed by atoms with van der Waals surface area (Å²) in [6.45, 7) is 2.01. The summed E-state index contributed by atoms with van der Waals surface area (Å²) >= 11 is 1.77. The van der Waals surface area contributed by atoms with Gasteiger partial charge in [0.05, 0.1) is 0 Å². The van der Waals surface area contributed by atoms with Crippen LogP contribution in [-0.4, -0.2) is 30.8 Å². The Morgan fingerprint density at radius 3 is 2.53 bits per heavy atom. The number of rotatable bonds is 4. The van der Waals surface area contributed by atoms with E-state index < -0.39 is 0 Å². The third-order valence-electron chi connectivity index (χ3n) is 2.09. The molecule has 0 heterocycles. The van der Waals surface area contributed by atoms with Gasteiger partial charge < -0.3 is 10.2 Å². The lowest BCUT2D eigenvalue weighted by molar-refractivity contribution is 0.230. The first-order chi connectivity index (χ1) is 8.13. The van der Waals surface area contributed by atoms with Crippen LogP contribution in [0.4, 0.5) is 10.5 Å². The van der Waals surface area contributed by atoms with Crippen molar-refractivity contribution in [1.29, 1.82) is 0 Å². The maximum Gasteiger partial charge on any atom is 0.321 e. The Hall–Kier alpha value is -1.42. The van der Waals surface area contributed by atoms with Gasteiger partial charge in [-0.1, -0.05) is 12.2 Å². The van der Waals surface area contributed by atoms with Crippen LogP contribution in [0.2, 0.25) is 0 Å². The van der Waals surface area contributed by atoms with Gasteiger partial charge in [0.2, 0.25) is 0 Å². The first-order valence-corrected chi connectivity index (χ1v) is 6.44. The molecule has 0 saturated heterocycles. The minimum absolute atomic E-state index is 0.112. The fourth-order valence-electron chi connectivity index (χ4n) is 1.11. The van der Waals surface area contributed by atoms with Gasteiger partial charge in [0.25, 0.3) is 0 Å². The van der Waals surface area contributed by atoms with E-state index in [2.05, 4.69) is 11.4 Å². The molecule has 0 spiro atoms. The van der Waals surface area contributed by atoms with Crippen molar-refractivity contribution in [2.75, 3.05) is 25.2 Å². The Morgan fingerprint density at radius 1 is 1.35 bits per heavy atom. The third-order valence-corrected chi connectivity index (χ3v) is 3.06. The van der Waals surface area contributed by atoms with Crippen LogP contribution < -0.4 is 5.32 Å². The van der Waals surface area contributed by atoms with Crippen molar-refractivity contribution in [2.45, 2.75) is 11.8 Å². The molecule has 0 aliphatic rings. The molecule has 1 aromatic carbocycles. The molecule has 0 aliphatic carbocycles. The second-order valence-electron chi connectivity index (χ2n) is 3.73. The Labute approximate surface area is 107 Å². The molecule has 3 nitrogen and oxygen atoms in total. The summed E-state index contributed by atoms with van der Waals surface area (Å²) in [6, 6.07) is 7.75. The van der Waals surface area contributed by atoms with E-state index >= 15 is 0 Å². The van der Waals surface area contributed by atoms with E-state index in [0.29, 0.717) is 0 Å². The number of hydrogen-bond acceptors (Lipinski definition) is 2. The van der Waals surface area contributed by atoms with Crippen LogP contribution in [0.3, 0.4) is 0 Å². The molecular weight excluding hydrogens is 232 g/mol. The number of hydrogen-bond donors (Lipinski definition) is 1.